The van der Waals surface area contributed by atoms with Crippen LogP contribution in [-0.4, -0.2) is 80.5 Å². The molecule has 0 spiro atoms. The van der Waals surface area contributed by atoms with E-state index in [1.165, 1.54) is 30.6 Å². The molecule has 0 radical (unpaired) electrons. The van der Waals surface area contributed by atoms with Crippen LogP contribution >= 0.6 is 0 Å². The maximum absolute atomic E-state index is 13.5. The Labute approximate surface area is 249 Å². The maximum Gasteiger partial charge on any atom is 0.242 e. The number of benzene rings is 2. The second kappa shape index (κ2) is 13.9. The molecule has 230 valence electrons. The molecule has 10 nitrogen and oxygen atoms in total. The first-order chi connectivity index (χ1) is 20.0. The Kier molecular flexibility index (Phi) is 10.5. The number of anilines is 1. The number of aliphatic hydroxyl groups is 1. The molecular formula is C31H43N3O7S. The van der Waals surface area contributed by atoms with Gasteiger partial charge in [0.1, 0.15) is 17.6 Å². The quantitative estimate of drug-likeness (QED) is 0.449. The number of hydrogen-bond donors (Lipinski definition) is 2. The molecule has 1 saturated carbocycles. The second-order valence-electron chi connectivity index (χ2n) is 11.5. The third-order valence-corrected chi connectivity index (χ3v) is 10.2. The number of amides is 2. The van der Waals surface area contributed by atoms with E-state index in [0.717, 1.165) is 32.1 Å². The number of carbonyl (C=O) groups is 2. The Morgan fingerprint density at radius 2 is 1.86 bits per heavy atom. The summed E-state index contributed by atoms with van der Waals surface area (Å²) in [5.41, 5.74) is 1.18. The average Bonchev–Trinajstić information content (AvgIpc) is 3.04. The number of fused-ring (bicyclic) bond motifs is 1. The number of hydrogen-bond acceptors (Lipinski definition) is 7. The molecule has 11 heteroatoms. The first-order valence-electron chi connectivity index (χ1n) is 14.6. The Balaban J connectivity index is 1.61. The lowest BCUT2D eigenvalue weighted by Crippen LogP contribution is -2.48. The Bertz CT molecular complexity index is 1340. The predicted octanol–water partition coefficient (Wildman–Crippen LogP) is 3.68. The van der Waals surface area contributed by atoms with Gasteiger partial charge in [0.05, 0.1) is 37.6 Å². The van der Waals surface area contributed by atoms with Gasteiger partial charge in [0.25, 0.3) is 0 Å². The lowest BCUT2D eigenvalue weighted by Gasteiger charge is -2.33. The number of aliphatic hydroxyl groups excluding tert-OH is 1. The number of nitrogens with one attached hydrogen (secondary N) is 1. The maximum atomic E-state index is 13.5. The molecule has 1 aliphatic carbocycles. The van der Waals surface area contributed by atoms with Crippen LogP contribution in [0.2, 0.25) is 0 Å². The van der Waals surface area contributed by atoms with Crippen molar-refractivity contribution < 1.29 is 32.6 Å². The van der Waals surface area contributed by atoms with Crippen LogP contribution in [0.15, 0.2) is 47.4 Å². The highest BCUT2D eigenvalue weighted by Gasteiger charge is 2.33. The van der Waals surface area contributed by atoms with E-state index in [1.54, 1.807) is 42.2 Å². The van der Waals surface area contributed by atoms with Crippen molar-refractivity contribution >= 4 is 27.5 Å². The first-order valence-corrected chi connectivity index (χ1v) is 16.1. The molecule has 1 heterocycles. The second-order valence-corrected chi connectivity index (χ2v) is 13.5. The van der Waals surface area contributed by atoms with Crippen molar-refractivity contribution in [2.45, 2.75) is 69.4 Å². The molecule has 3 atom stereocenters. The van der Waals surface area contributed by atoms with E-state index >= 15 is 0 Å². The van der Waals surface area contributed by atoms with Gasteiger partial charge in [-0.15, -0.1) is 0 Å². The van der Waals surface area contributed by atoms with Crippen LogP contribution in [0.25, 0.3) is 0 Å². The first kappa shape index (κ1) is 31.8. The van der Waals surface area contributed by atoms with Gasteiger partial charge in [0, 0.05) is 36.7 Å². The Morgan fingerprint density at radius 1 is 1.17 bits per heavy atom. The zero-order valence-electron chi connectivity index (χ0n) is 24.9. The number of methoxy groups -OCH3 is 1. The van der Waals surface area contributed by atoms with Gasteiger partial charge in [-0.2, -0.15) is 4.31 Å². The molecule has 2 aliphatic rings. The van der Waals surface area contributed by atoms with Crippen LogP contribution < -0.4 is 14.8 Å². The summed E-state index contributed by atoms with van der Waals surface area (Å²) in [6.45, 7) is 3.79. The van der Waals surface area contributed by atoms with E-state index in [9.17, 15) is 23.1 Å². The van der Waals surface area contributed by atoms with E-state index in [0.29, 0.717) is 22.7 Å². The SMILES string of the molecule is COc1ccc(S(=O)(=O)N(C)C[C@@H]2Oc3ccc(NC(=O)C4CCCCC4)cc3CC(=O)N([C@H](C)CO)C[C@@H]2C)cc1. The van der Waals surface area contributed by atoms with Gasteiger partial charge in [0.15, 0.2) is 0 Å². The minimum Gasteiger partial charge on any atom is -0.497 e. The van der Waals surface area contributed by atoms with E-state index in [-0.39, 0.29) is 54.7 Å². The molecule has 42 heavy (non-hydrogen) atoms. The lowest BCUT2D eigenvalue weighted by molar-refractivity contribution is -0.134. The fourth-order valence-corrected chi connectivity index (χ4v) is 6.80. The molecule has 1 fully saturated rings. The van der Waals surface area contributed by atoms with Crippen molar-refractivity contribution in [3.63, 3.8) is 0 Å². The molecular weight excluding hydrogens is 558 g/mol. The molecule has 2 aromatic rings. The molecule has 0 unspecified atom stereocenters. The summed E-state index contributed by atoms with van der Waals surface area (Å²) in [5.74, 6) is 0.536. The summed E-state index contributed by atoms with van der Waals surface area (Å²) < 4.78 is 39.7. The van der Waals surface area contributed by atoms with Gasteiger partial charge < -0.3 is 24.8 Å². The number of sulfonamides is 1. The summed E-state index contributed by atoms with van der Waals surface area (Å²) >= 11 is 0. The number of rotatable bonds is 9. The molecule has 2 amide bonds. The molecule has 4 rings (SSSR count). The van der Waals surface area contributed by atoms with Crippen molar-refractivity contribution in [3.05, 3.63) is 48.0 Å². The van der Waals surface area contributed by atoms with Crippen molar-refractivity contribution in [1.29, 1.82) is 0 Å². The van der Waals surface area contributed by atoms with Crippen LogP contribution in [0.3, 0.4) is 0 Å². The third kappa shape index (κ3) is 7.43. The summed E-state index contributed by atoms with van der Waals surface area (Å²) in [7, 11) is -0.818. The number of ether oxygens (including phenoxy) is 2. The van der Waals surface area contributed by atoms with Crippen LogP contribution in [0.4, 0.5) is 5.69 Å². The highest BCUT2D eigenvalue weighted by molar-refractivity contribution is 7.89. The fraction of sp³-hybridized carbons (Fsp3) is 0.548. The predicted molar refractivity (Wildman–Crippen MR) is 160 cm³/mol. The van der Waals surface area contributed by atoms with Gasteiger partial charge in [-0.3, -0.25) is 9.59 Å². The smallest absolute Gasteiger partial charge is 0.242 e. The molecule has 0 bridgehead atoms. The van der Waals surface area contributed by atoms with E-state index in [2.05, 4.69) is 5.32 Å². The standard InChI is InChI=1S/C31H43N3O7S/c1-21-18-34(22(2)20-35)30(36)17-24-16-25(32-31(37)23-8-6-5-7-9-23)10-15-28(24)41-29(21)19-33(3)42(38,39)27-13-11-26(40-4)12-14-27/h10-16,21-23,29,35H,5-9,17-20H2,1-4H3,(H,32,37)/t21-,22+,29-/m0/s1. The number of likely N-dealkylation sites (N-methyl/N-ethyl adjacent to an activating group) is 1. The van der Waals surface area contributed by atoms with Crippen molar-refractivity contribution in [1.82, 2.24) is 9.21 Å². The minimum absolute atomic E-state index is 0.0163. The summed E-state index contributed by atoms with van der Waals surface area (Å²) in [6, 6.07) is 11.0. The van der Waals surface area contributed by atoms with Gasteiger partial charge in [0.2, 0.25) is 21.8 Å². The molecule has 2 aromatic carbocycles. The normalized spacial score (nSPS) is 21.0. The topological polar surface area (TPSA) is 125 Å². The van der Waals surface area contributed by atoms with Crippen LogP contribution in [0.5, 0.6) is 11.5 Å². The zero-order valence-corrected chi connectivity index (χ0v) is 25.7. The largest absolute Gasteiger partial charge is 0.497 e. The number of nitrogens with zero attached hydrogens (tertiary/aromatic N) is 2. The highest BCUT2D eigenvalue weighted by atomic mass is 32.2. The minimum atomic E-state index is -3.84. The summed E-state index contributed by atoms with van der Waals surface area (Å²) in [4.78, 5) is 28.2. The van der Waals surface area contributed by atoms with Gasteiger partial charge >= 0.3 is 0 Å². The van der Waals surface area contributed by atoms with E-state index in [1.807, 2.05) is 6.92 Å². The van der Waals surface area contributed by atoms with Gasteiger partial charge in [-0.05, 0) is 62.2 Å². The summed E-state index contributed by atoms with van der Waals surface area (Å²) in [5, 5.41) is 12.9. The Hall–Kier alpha value is -3.15. The Morgan fingerprint density at radius 3 is 2.50 bits per heavy atom. The van der Waals surface area contributed by atoms with E-state index < -0.39 is 22.2 Å². The van der Waals surface area contributed by atoms with Crippen molar-refractivity contribution in [2.75, 3.05) is 39.2 Å². The van der Waals surface area contributed by atoms with Crippen molar-refractivity contribution in [2.24, 2.45) is 11.8 Å². The third-order valence-electron chi connectivity index (χ3n) is 8.36. The number of carbonyl (C=O) groups excluding carboxylic acids is 2. The zero-order chi connectivity index (χ0) is 30.4. The molecule has 0 saturated heterocycles. The van der Waals surface area contributed by atoms with Crippen molar-refractivity contribution in [3.8, 4) is 11.5 Å². The lowest BCUT2D eigenvalue weighted by atomic mass is 9.88. The molecule has 1 aliphatic heterocycles. The van der Waals surface area contributed by atoms with Crippen LogP contribution in [0.1, 0.15) is 51.5 Å². The monoisotopic (exact) mass is 601 g/mol. The van der Waals surface area contributed by atoms with Gasteiger partial charge in [-0.25, -0.2) is 8.42 Å². The molecule has 0 aromatic heterocycles. The fourth-order valence-electron chi connectivity index (χ4n) is 5.61. The van der Waals surface area contributed by atoms with Gasteiger partial charge in [-0.1, -0.05) is 26.2 Å². The molecule has 2 N–H and O–H groups in total. The van der Waals surface area contributed by atoms with Crippen LogP contribution in [-0.2, 0) is 26.0 Å². The summed E-state index contributed by atoms with van der Waals surface area (Å²) in [6.07, 6.45) is 4.41. The average molecular weight is 602 g/mol. The van der Waals surface area contributed by atoms with Crippen LogP contribution in [0, 0.1) is 11.8 Å². The highest BCUT2D eigenvalue weighted by Crippen LogP contribution is 2.31. The van der Waals surface area contributed by atoms with E-state index in [4.69, 9.17) is 9.47 Å².